The number of nitrogens with zero attached hydrogens (tertiary/aromatic N) is 2. The van der Waals surface area contributed by atoms with Gasteiger partial charge >= 0.3 is 17.6 Å². The molecule has 3 atom stereocenters. The average Bonchev–Trinajstić information content (AvgIpc) is 2.86. The number of rotatable bonds is 5. The highest BCUT2D eigenvalue weighted by atomic mass is 16.6. The van der Waals surface area contributed by atoms with Crippen molar-refractivity contribution in [2.75, 3.05) is 11.9 Å². The Kier molecular flexibility index (Phi) is 5.86. The fourth-order valence-corrected chi connectivity index (χ4v) is 2.44. The molecule has 136 valence electrons. The molecule has 0 spiro atoms. The van der Waals surface area contributed by atoms with Crippen LogP contribution in [0.1, 0.15) is 33.4 Å². The molecule has 0 saturated carbocycles. The van der Waals surface area contributed by atoms with Gasteiger partial charge in [0.25, 0.3) is 0 Å². The van der Waals surface area contributed by atoms with E-state index < -0.39 is 36.1 Å². The Bertz CT molecular complexity index is 730. The van der Waals surface area contributed by atoms with Gasteiger partial charge in [0.1, 0.15) is 30.9 Å². The molecule has 1 aliphatic rings. The molecule has 10 nitrogen and oxygen atoms in total. The number of carbonyl (C=O) groups is 3. The van der Waals surface area contributed by atoms with Crippen LogP contribution in [0.3, 0.4) is 0 Å². The zero-order chi connectivity index (χ0) is 18.6. The second-order valence-corrected chi connectivity index (χ2v) is 5.50. The minimum absolute atomic E-state index is 0.101. The molecule has 1 unspecified atom stereocenters. The highest BCUT2D eigenvalue weighted by molar-refractivity contribution is 5.87. The second kappa shape index (κ2) is 7.88. The molecule has 1 fully saturated rings. The first-order valence-corrected chi connectivity index (χ1v) is 7.59. The maximum Gasteiger partial charge on any atom is 0.351 e. The Morgan fingerprint density at radius 3 is 2.60 bits per heavy atom. The molecule has 0 bridgehead atoms. The van der Waals surface area contributed by atoms with Gasteiger partial charge in [-0.15, -0.1) is 0 Å². The number of hydrogen-bond donors (Lipinski definition) is 1. The van der Waals surface area contributed by atoms with E-state index in [9.17, 15) is 19.2 Å². The molecule has 1 amide bonds. The van der Waals surface area contributed by atoms with Crippen LogP contribution in [0.25, 0.3) is 0 Å². The molecule has 25 heavy (non-hydrogen) atoms. The van der Waals surface area contributed by atoms with Crippen molar-refractivity contribution in [2.24, 2.45) is 0 Å². The molecule has 0 aromatic carbocycles. The van der Waals surface area contributed by atoms with Crippen LogP contribution in [0.5, 0.6) is 0 Å². The number of amides is 1. The quantitative estimate of drug-likeness (QED) is 0.732. The first-order valence-electron chi connectivity index (χ1n) is 7.59. The van der Waals surface area contributed by atoms with Crippen LogP contribution in [-0.2, 0) is 28.6 Å². The minimum Gasteiger partial charge on any atom is -0.463 e. The normalized spacial score (nSPS) is 22.3. The van der Waals surface area contributed by atoms with E-state index in [4.69, 9.17) is 14.2 Å². The maximum atomic E-state index is 12.1. The van der Waals surface area contributed by atoms with Crippen molar-refractivity contribution in [3.05, 3.63) is 22.7 Å². The molecular formula is C15H19N3O7. The highest BCUT2D eigenvalue weighted by Gasteiger charge is 2.39. The third-order valence-corrected chi connectivity index (χ3v) is 3.39. The summed E-state index contributed by atoms with van der Waals surface area (Å²) in [4.78, 5) is 49.1. The summed E-state index contributed by atoms with van der Waals surface area (Å²) < 4.78 is 17.0. The number of anilines is 1. The lowest BCUT2D eigenvalue weighted by molar-refractivity contribution is -0.155. The average molecular weight is 353 g/mol. The van der Waals surface area contributed by atoms with Gasteiger partial charge in [-0.1, -0.05) is 0 Å². The Balaban J connectivity index is 2.16. The molecule has 1 N–H and O–H groups in total. The van der Waals surface area contributed by atoms with Crippen molar-refractivity contribution in [1.82, 2.24) is 9.55 Å². The van der Waals surface area contributed by atoms with Crippen LogP contribution in [0.15, 0.2) is 17.1 Å². The van der Waals surface area contributed by atoms with Gasteiger partial charge in [0.05, 0.1) is 0 Å². The van der Waals surface area contributed by atoms with Crippen molar-refractivity contribution in [3.63, 3.8) is 0 Å². The SMILES string of the molecule is CC(=O)Nc1ccn([C@H]2CC(OC(C)=O)[C@@H](COC(C)=O)O2)c(=O)n1. The van der Waals surface area contributed by atoms with E-state index in [1.807, 2.05) is 0 Å². The summed E-state index contributed by atoms with van der Waals surface area (Å²) in [5.74, 6) is -1.22. The van der Waals surface area contributed by atoms with E-state index in [0.717, 1.165) is 0 Å². The number of nitrogens with one attached hydrogen (secondary N) is 1. The lowest BCUT2D eigenvalue weighted by Gasteiger charge is -2.17. The predicted octanol–water partition coefficient (Wildman–Crippen LogP) is -0.0160. The lowest BCUT2D eigenvalue weighted by atomic mass is 10.2. The summed E-state index contributed by atoms with van der Waals surface area (Å²) >= 11 is 0. The number of aromatic nitrogens is 2. The van der Waals surface area contributed by atoms with E-state index >= 15 is 0 Å². The zero-order valence-corrected chi connectivity index (χ0v) is 14.1. The summed E-state index contributed by atoms with van der Waals surface area (Å²) in [5.41, 5.74) is -0.633. The van der Waals surface area contributed by atoms with E-state index in [-0.39, 0.29) is 24.8 Å². The Hall–Kier alpha value is -2.75. The Labute approximate surface area is 143 Å². The van der Waals surface area contributed by atoms with Crippen LogP contribution in [0, 0.1) is 0 Å². The van der Waals surface area contributed by atoms with Gasteiger partial charge in [0.2, 0.25) is 5.91 Å². The van der Waals surface area contributed by atoms with Gasteiger partial charge in [0, 0.05) is 33.4 Å². The fraction of sp³-hybridized carbons (Fsp3) is 0.533. The summed E-state index contributed by atoms with van der Waals surface area (Å²) in [7, 11) is 0. The van der Waals surface area contributed by atoms with Gasteiger partial charge in [-0.2, -0.15) is 4.98 Å². The number of esters is 2. The molecule has 1 saturated heterocycles. The van der Waals surface area contributed by atoms with Gasteiger partial charge in [-0.05, 0) is 6.07 Å². The third kappa shape index (κ3) is 5.11. The van der Waals surface area contributed by atoms with Crippen molar-refractivity contribution < 1.29 is 28.6 Å². The van der Waals surface area contributed by atoms with Crippen LogP contribution >= 0.6 is 0 Å². The summed E-state index contributed by atoms with van der Waals surface area (Å²) in [5, 5.41) is 2.41. The third-order valence-electron chi connectivity index (χ3n) is 3.39. The monoisotopic (exact) mass is 353 g/mol. The van der Waals surface area contributed by atoms with Gasteiger partial charge in [0.15, 0.2) is 0 Å². The summed E-state index contributed by atoms with van der Waals surface area (Å²) in [6.07, 6.45) is -0.476. The largest absolute Gasteiger partial charge is 0.463 e. The van der Waals surface area contributed by atoms with E-state index in [1.165, 1.54) is 37.6 Å². The van der Waals surface area contributed by atoms with Crippen LogP contribution in [-0.4, -0.2) is 46.2 Å². The molecule has 0 aliphatic carbocycles. The number of hydrogen-bond acceptors (Lipinski definition) is 8. The zero-order valence-electron chi connectivity index (χ0n) is 14.1. The summed E-state index contributed by atoms with van der Waals surface area (Å²) in [6, 6.07) is 1.45. The Morgan fingerprint density at radius 1 is 1.32 bits per heavy atom. The molecule has 10 heteroatoms. The van der Waals surface area contributed by atoms with Crippen LogP contribution in [0.2, 0.25) is 0 Å². The maximum absolute atomic E-state index is 12.1. The number of carbonyl (C=O) groups excluding carboxylic acids is 3. The molecule has 2 heterocycles. The van der Waals surface area contributed by atoms with Gasteiger partial charge in [-0.25, -0.2) is 4.79 Å². The van der Waals surface area contributed by atoms with Gasteiger partial charge in [-0.3, -0.25) is 19.0 Å². The fourth-order valence-electron chi connectivity index (χ4n) is 2.44. The lowest BCUT2D eigenvalue weighted by Crippen LogP contribution is -2.31. The second-order valence-electron chi connectivity index (χ2n) is 5.50. The van der Waals surface area contributed by atoms with Crippen molar-refractivity contribution in [1.29, 1.82) is 0 Å². The molecule has 0 radical (unpaired) electrons. The van der Waals surface area contributed by atoms with Crippen LogP contribution in [0.4, 0.5) is 5.82 Å². The topological polar surface area (TPSA) is 126 Å². The standard InChI is InChI=1S/C15H19N3O7/c1-8(19)16-13-4-5-18(15(22)17-13)14-6-11(24-10(3)21)12(25-14)7-23-9(2)20/h4-5,11-12,14H,6-7H2,1-3H3,(H,16,17,19,22)/t11?,12-,14-/m1/s1. The first kappa shape index (κ1) is 18.6. The Morgan fingerprint density at radius 2 is 2.04 bits per heavy atom. The highest BCUT2D eigenvalue weighted by Crippen LogP contribution is 2.30. The van der Waals surface area contributed by atoms with E-state index in [0.29, 0.717) is 0 Å². The first-order chi connectivity index (χ1) is 11.8. The van der Waals surface area contributed by atoms with Crippen LogP contribution < -0.4 is 11.0 Å². The molecule has 1 aromatic rings. The molecule has 2 rings (SSSR count). The smallest absolute Gasteiger partial charge is 0.351 e. The minimum atomic E-state index is -0.740. The molecular weight excluding hydrogens is 334 g/mol. The van der Waals surface area contributed by atoms with Gasteiger partial charge < -0.3 is 19.5 Å². The van der Waals surface area contributed by atoms with Crippen molar-refractivity contribution in [3.8, 4) is 0 Å². The van der Waals surface area contributed by atoms with Crippen molar-refractivity contribution >= 4 is 23.7 Å². The molecule has 1 aliphatic heterocycles. The van der Waals surface area contributed by atoms with E-state index in [2.05, 4.69) is 10.3 Å². The summed E-state index contributed by atoms with van der Waals surface area (Å²) in [6.45, 7) is 3.71. The van der Waals surface area contributed by atoms with E-state index in [1.54, 1.807) is 0 Å². The number of ether oxygens (including phenoxy) is 3. The predicted molar refractivity (Wildman–Crippen MR) is 83.5 cm³/mol. The molecule has 1 aromatic heterocycles. The van der Waals surface area contributed by atoms with Crippen molar-refractivity contribution in [2.45, 2.75) is 45.6 Å².